The zero-order chi connectivity index (χ0) is 25.5. The van der Waals surface area contributed by atoms with Gasteiger partial charge in [-0.3, -0.25) is 5.14 Å². The number of aliphatic hydroxyl groups is 1. The molecule has 2 aromatic rings. The molecule has 0 atom stereocenters. The van der Waals surface area contributed by atoms with Crippen LogP contribution in [0.5, 0.6) is 5.75 Å². The molecule has 0 bridgehead atoms. The highest BCUT2D eigenvalue weighted by molar-refractivity contribution is 7.77. The molecule has 34 heavy (non-hydrogen) atoms. The Labute approximate surface area is 207 Å². The number of aromatic nitrogens is 2. The van der Waals surface area contributed by atoms with Crippen molar-refractivity contribution in [3.8, 4) is 5.75 Å². The summed E-state index contributed by atoms with van der Waals surface area (Å²) >= 11 is 3.03. The second kappa shape index (κ2) is 15.8. The third-order valence-electron chi connectivity index (χ3n) is 5.22. The zero-order valence-electron chi connectivity index (χ0n) is 20.5. The largest absolute Gasteiger partial charge is 0.495 e. The molecule has 0 aliphatic carbocycles. The van der Waals surface area contributed by atoms with Gasteiger partial charge in [-0.1, -0.05) is 45.1 Å². The second-order valence-electron chi connectivity index (χ2n) is 7.38. The normalized spacial score (nSPS) is 11.8. The third kappa shape index (κ3) is 8.46. The number of amidine groups is 1. The minimum atomic E-state index is -0.480. The highest BCUT2D eigenvalue weighted by Crippen LogP contribution is 2.33. The number of allylic oxidation sites excluding steroid dienone is 2. The number of nitrogens with zero attached hydrogens (tertiary/aromatic N) is 4. The fourth-order valence-electron chi connectivity index (χ4n) is 3.37. The topological polar surface area (TPSA) is 96.9 Å². The first-order valence-corrected chi connectivity index (χ1v) is 11.7. The number of unbranched alkanes of at least 4 members (excludes halogenated alkanes) is 1. The number of benzene rings is 1. The van der Waals surface area contributed by atoms with Gasteiger partial charge in [-0.15, -0.1) is 12.8 Å². The first kappa shape index (κ1) is 29.1. The number of ether oxygens (including phenoxy) is 1. The van der Waals surface area contributed by atoms with Gasteiger partial charge >= 0.3 is 0 Å². The molecule has 0 saturated carbocycles. The lowest BCUT2D eigenvalue weighted by Crippen LogP contribution is -2.28. The summed E-state index contributed by atoms with van der Waals surface area (Å²) in [7, 11) is 3.60. The van der Waals surface area contributed by atoms with E-state index in [0.29, 0.717) is 30.7 Å². The van der Waals surface area contributed by atoms with Crippen molar-refractivity contribution in [2.24, 2.45) is 10.1 Å². The molecule has 0 saturated heterocycles. The molecule has 2 rings (SSSR count). The van der Waals surface area contributed by atoms with Crippen molar-refractivity contribution in [2.45, 2.75) is 52.4 Å². The number of hydrogen-bond acceptors (Lipinski definition) is 7. The van der Waals surface area contributed by atoms with Crippen LogP contribution in [0, 0.1) is 5.82 Å². The van der Waals surface area contributed by atoms with Crippen LogP contribution in [0.4, 0.5) is 10.1 Å². The quantitative estimate of drug-likeness (QED) is 0.125. The molecule has 0 unspecified atom stereocenters. The van der Waals surface area contributed by atoms with E-state index in [4.69, 9.17) is 4.74 Å². The number of methoxy groups -OCH3 is 1. The van der Waals surface area contributed by atoms with Crippen LogP contribution in [-0.4, -0.2) is 35.1 Å². The molecular weight excluding hydrogens is 453 g/mol. The summed E-state index contributed by atoms with van der Waals surface area (Å²) in [5.74, 6) is 1.42. The van der Waals surface area contributed by atoms with Crippen LogP contribution in [0.3, 0.4) is 0 Å². The molecule has 1 heterocycles. The van der Waals surface area contributed by atoms with Crippen LogP contribution < -0.4 is 14.8 Å². The molecule has 0 fully saturated rings. The maximum atomic E-state index is 13.0. The number of aryl methyl sites for hydroxylation is 2. The van der Waals surface area contributed by atoms with Crippen molar-refractivity contribution in [2.75, 3.05) is 19.1 Å². The predicted octanol–water partition coefficient (Wildman–Crippen LogP) is 5.59. The molecule has 0 aliphatic rings. The van der Waals surface area contributed by atoms with E-state index in [-0.39, 0.29) is 5.88 Å². The molecular formula is C25H36FN5O2S. The molecule has 0 aliphatic heterocycles. The Bertz CT molecular complexity index is 942. The van der Waals surface area contributed by atoms with Crippen LogP contribution in [0.1, 0.15) is 50.9 Å². The number of rotatable bonds is 11. The van der Waals surface area contributed by atoms with Crippen molar-refractivity contribution >= 4 is 24.3 Å². The van der Waals surface area contributed by atoms with Crippen LogP contribution in [0.15, 0.2) is 59.7 Å². The Morgan fingerprint density at radius 1 is 1.26 bits per heavy atom. The van der Waals surface area contributed by atoms with Crippen molar-refractivity contribution < 1.29 is 14.2 Å². The number of thiol groups is 1. The molecule has 0 radical (unpaired) electrons. The zero-order valence-corrected chi connectivity index (χ0v) is 21.4. The minimum absolute atomic E-state index is 0.0898. The molecule has 0 spiro atoms. The molecule has 0 amide bonds. The van der Waals surface area contributed by atoms with Gasteiger partial charge in [0.25, 0.3) is 0 Å². The van der Waals surface area contributed by atoms with Gasteiger partial charge in [0.15, 0.2) is 5.82 Å². The van der Waals surface area contributed by atoms with Gasteiger partial charge in [0.05, 0.1) is 25.2 Å². The number of halogens is 1. The average molecular weight is 490 g/mol. The Kier molecular flexibility index (Phi) is 13.6. The molecule has 1 aromatic carbocycles. The minimum Gasteiger partial charge on any atom is -0.495 e. The fourth-order valence-corrected chi connectivity index (χ4v) is 3.37. The van der Waals surface area contributed by atoms with E-state index in [1.165, 1.54) is 0 Å². The number of para-hydroxylation sites is 1. The van der Waals surface area contributed by atoms with Gasteiger partial charge in [0.2, 0.25) is 5.88 Å². The molecule has 3 N–H and O–H groups in total. The summed E-state index contributed by atoms with van der Waals surface area (Å²) in [5, 5.41) is 15.0. The smallest absolute Gasteiger partial charge is 0.215 e. The van der Waals surface area contributed by atoms with Crippen LogP contribution in [0.25, 0.3) is 0 Å². The molecule has 1 aromatic heterocycles. The van der Waals surface area contributed by atoms with Crippen molar-refractivity contribution in [1.29, 1.82) is 0 Å². The predicted molar refractivity (Wildman–Crippen MR) is 141 cm³/mol. The number of anilines is 1. The first-order chi connectivity index (χ1) is 16.4. The Balaban J connectivity index is 0.00000281. The van der Waals surface area contributed by atoms with Crippen LogP contribution >= 0.6 is 12.8 Å². The lowest BCUT2D eigenvalue weighted by molar-refractivity contribution is 0.398. The third-order valence-corrected chi connectivity index (χ3v) is 5.22. The number of aliphatic imine (C=N–C) groups is 1. The van der Waals surface area contributed by atoms with E-state index >= 15 is 0 Å². The second-order valence-corrected chi connectivity index (χ2v) is 7.38. The SMILES string of the molecule is C=C/C(CCc1ncc(F)cn1)=C(O)\N=C(\CCCC)N(C)c1c(CC)cccc1OC.NS. The highest BCUT2D eigenvalue weighted by atomic mass is 32.1. The lowest BCUT2D eigenvalue weighted by atomic mass is 10.1. The fraction of sp³-hybridized carbons (Fsp3) is 0.400. The van der Waals surface area contributed by atoms with Gasteiger partial charge < -0.3 is 14.7 Å². The Morgan fingerprint density at radius 2 is 1.94 bits per heavy atom. The molecule has 7 nitrogen and oxygen atoms in total. The van der Waals surface area contributed by atoms with Crippen LogP contribution in [-0.2, 0) is 12.8 Å². The van der Waals surface area contributed by atoms with E-state index in [0.717, 1.165) is 54.5 Å². The number of aliphatic hydroxyl groups excluding tert-OH is 1. The summed E-state index contributed by atoms with van der Waals surface area (Å²) in [6.07, 6.45) is 8.19. The van der Waals surface area contributed by atoms with Gasteiger partial charge in [0, 0.05) is 25.5 Å². The maximum absolute atomic E-state index is 13.0. The van der Waals surface area contributed by atoms with Crippen molar-refractivity contribution in [1.82, 2.24) is 9.97 Å². The number of hydrogen-bond donors (Lipinski definition) is 3. The van der Waals surface area contributed by atoms with E-state index < -0.39 is 5.82 Å². The summed E-state index contributed by atoms with van der Waals surface area (Å²) in [6.45, 7) is 8.03. The Hall–Kier alpha value is -2.91. The molecule has 9 heteroatoms. The standard InChI is InChI=1S/C25H33FN4O2.H3NS/c1-6-9-13-23(30(4)24-18(7-2)11-10-12-21(24)32-5)29-25(31)19(8-3)14-15-22-27-16-20(26)17-28-22;1-2/h8,10-12,16-17,31H,3,6-7,9,13-15H2,1-2,4-5H3;2H,1H2/b25-19-,29-23-;. The van der Waals surface area contributed by atoms with Gasteiger partial charge in [-0.2, -0.15) is 0 Å². The first-order valence-electron chi connectivity index (χ1n) is 11.2. The van der Waals surface area contributed by atoms with E-state index in [1.807, 2.05) is 24.1 Å². The van der Waals surface area contributed by atoms with Crippen molar-refractivity contribution in [3.05, 3.63) is 71.9 Å². The number of nitrogens with two attached hydrogens (primary N) is 1. The van der Waals surface area contributed by atoms with Gasteiger partial charge in [-0.05, 0) is 30.9 Å². The van der Waals surface area contributed by atoms with E-state index in [9.17, 15) is 9.50 Å². The summed E-state index contributed by atoms with van der Waals surface area (Å²) in [4.78, 5) is 14.5. The average Bonchev–Trinajstić information content (AvgIpc) is 2.88. The van der Waals surface area contributed by atoms with Gasteiger partial charge in [0.1, 0.15) is 17.4 Å². The Morgan fingerprint density at radius 3 is 2.50 bits per heavy atom. The lowest BCUT2D eigenvalue weighted by Gasteiger charge is -2.26. The monoisotopic (exact) mass is 489 g/mol. The highest BCUT2D eigenvalue weighted by Gasteiger charge is 2.18. The molecule has 186 valence electrons. The summed E-state index contributed by atoms with van der Waals surface area (Å²) in [6, 6.07) is 5.97. The summed E-state index contributed by atoms with van der Waals surface area (Å²) in [5.41, 5.74) is 2.66. The van der Waals surface area contributed by atoms with E-state index in [1.54, 1.807) is 13.2 Å². The summed E-state index contributed by atoms with van der Waals surface area (Å²) < 4.78 is 18.6. The van der Waals surface area contributed by atoms with Gasteiger partial charge in [-0.25, -0.2) is 19.4 Å². The van der Waals surface area contributed by atoms with Crippen LogP contribution in [0.2, 0.25) is 0 Å². The van der Waals surface area contributed by atoms with E-state index in [2.05, 4.69) is 59.4 Å². The van der Waals surface area contributed by atoms with Crippen molar-refractivity contribution in [3.63, 3.8) is 0 Å². The maximum Gasteiger partial charge on any atom is 0.215 e.